The van der Waals surface area contributed by atoms with Gasteiger partial charge in [-0.2, -0.15) is 48.3 Å². The molecule has 0 unspecified atom stereocenters. The fourth-order valence-corrected chi connectivity index (χ4v) is 2.00. The van der Waals surface area contributed by atoms with Gasteiger partial charge in [0.15, 0.2) is 13.5 Å². The number of likely N-dealkylation sites (N-methyl/N-ethyl adjacent to an activating group) is 1. The van der Waals surface area contributed by atoms with Crippen LogP contribution in [0.2, 0.25) is 0 Å². The van der Waals surface area contributed by atoms with Gasteiger partial charge in [0, 0.05) is 6.42 Å². The second-order valence-corrected chi connectivity index (χ2v) is 7.14. The Labute approximate surface area is 192 Å². The Morgan fingerprint density at radius 1 is 0.944 bits per heavy atom. The number of morpholine rings is 1. The third kappa shape index (κ3) is 11.3. The number of hydrogen-bond donors (Lipinski definition) is 0. The topological polar surface area (TPSA) is 78.9 Å². The molecule has 0 atom stereocenters. The number of carboxylic acid groups (broad SMARTS) is 1. The Morgan fingerprint density at radius 2 is 1.33 bits per heavy atom. The fraction of sp³-hybridized carbons (Fsp3) is 0.867. The van der Waals surface area contributed by atoms with Crippen molar-refractivity contribution in [2.75, 3.05) is 47.3 Å². The van der Waals surface area contributed by atoms with Crippen LogP contribution in [0.15, 0.2) is 0 Å². The molecule has 0 aromatic rings. The Bertz CT molecular complexity index is 691. The van der Waals surface area contributed by atoms with Gasteiger partial charge in [0.1, 0.15) is 6.54 Å². The number of rotatable bonds is 7. The molecule has 0 aromatic heterocycles. The maximum atomic E-state index is 12.5. The fourth-order valence-electron chi connectivity index (χ4n) is 2.00. The lowest BCUT2D eigenvalue weighted by atomic mass is 10.3. The van der Waals surface area contributed by atoms with Gasteiger partial charge in [-0.15, -0.1) is 9.29 Å². The summed E-state index contributed by atoms with van der Waals surface area (Å²) in [5.74, 6) is -1.14. The van der Waals surface area contributed by atoms with E-state index >= 15 is 0 Å². The van der Waals surface area contributed by atoms with E-state index in [9.17, 15) is 76.2 Å². The van der Waals surface area contributed by atoms with Crippen LogP contribution in [-0.2, 0) is 14.3 Å². The summed E-state index contributed by atoms with van der Waals surface area (Å²) < 4.78 is 170. The molecule has 1 rings (SSSR count). The lowest BCUT2D eigenvalue weighted by Gasteiger charge is -2.45. The Hall–Kier alpha value is -2.16. The van der Waals surface area contributed by atoms with Crippen molar-refractivity contribution < 1.29 is 90.1 Å². The van der Waals surface area contributed by atoms with Crippen LogP contribution in [0.25, 0.3) is 0 Å². The van der Waals surface area contributed by atoms with Gasteiger partial charge in [-0.25, -0.2) is 18.3 Å². The first-order valence-electron chi connectivity index (χ1n) is 8.81. The quantitative estimate of drug-likeness (QED) is 0.153. The Kier molecular flexibility index (Phi) is 12.9. The summed E-state index contributed by atoms with van der Waals surface area (Å²) in [5.41, 5.74) is 0. The molecule has 1 aliphatic rings. The van der Waals surface area contributed by atoms with Gasteiger partial charge in [0.2, 0.25) is 0 Å². The third-order valence-corrected chi connectivity index (χ3v) is 3.59. The average Bonchev–Trinajstić information content (AvgIpc) is 2.63. The van der Waals surface area contributed by atoms with Gasteiger partial charge >= 0.3 is 36.7 Å². The monoisotopic (exact) mass is 572 g/mol. The number of carboxylic acids is 1. The molecule has 0 N–H and O–H groups in total. The molecule has 0 aromatic carbocycles. The highest BCUT2D eigenvalue weighted by Gasteiger charge is 2.82. The average molecular weight is 572 g/mol. The maximum Gasteiger partial charge on any atom is 0.495 e. The number of alkyl halides is 13. The zero-order valence-corrected chi connectivity index (χ0v) is 18.0. The molecule has 0 spiro atoms. The maximum absolute atomic E-state index is 12.5. The van der Waals surface area contributed by atoms with E-state index in [1.807, 2.05) is 4.74 Å². The molecule has 0 radical (unpaired) electrons. The van der Waals surface area contributed by atoms with Crippen LogP contribution in [0, 0.1) is 0 Å². The van der Waals surface area contributed by atoms with Crippen LogP contribution in [0.1, 0.15) is 6.42 Å². The Balaban J connectivity index is 0. The molecule has 0 aliphatic carbocycles. The SMILES string of the molecule is C[N+](C)(CCCOC(=O)F)CC(=O)[O-].FCC(F)(F)F.FCN1C(F)(F)C(F)(F)OC(F)(F)C1(F)F. The number of nitrogens with zero attached hydrogens (tertiary/aromatic N) is 2. The molecule has 0 bridgehead atoms. The lowest BCUT2D eigenvalue weighted by Crippen LogP contribution is -2.73. The number of halogens is 14. The predicted molar refractivity (Wildman–Crippen MR) is 84.6 cm³/mol. The van der Waals surface area contributed by atoms with E-state index in [0.29, 0.717) is 13.0 Å². The molecule has 1 heterocycles. The van der Waals surface area contributed by atoms with Gasteiger partial charge < -0.3 is 19.1 Å². The van der Waals surface area contributed by atoms with E-state index in [0.717, 1.165) is 0 Å². The molecule has 36 heavy (non-hydrogen) atoms. The number of carbonyl (C=O) groups is 2. The minimum absolute atomic E-state index is 0.0376. The molecule has 216 valence electrons. The second kappa shape index (κ2) is 12.9. The number of quaternary nitrogens is 1. The standard InChI is InChI=1S/C8H14FNO4.C5H2F9NO.C2H2F4/c1-10(2,6-7(11)12)4-3-5-14-8(9)13;6-1-15-2(7,8)4(11,12)16-5(13,14)3(15,9)10;3-1-2(4,5)6/h3-6H2,1-2H3;1H2;1H2. The molecular formula is C15H18F14N2O5. The normalized spacial score (nSPS) is 20.2. The van der Waals surface area contributed by atoms with Crippen molar-refractivity contribution >= 4 is 12.2 Å². The number of hydrogen-bond acceptors (Lipinski definition) is 6. The molecule has 0 saturated carbocycles. The molecule has 1 saturated heterocycles. The van der Waals surface area contributed by atoms with E-state index in [-0.39, 0.29) is 17.6 Å². The van der Waals surface area contributed by atoms with Crippen LogP contribution >= 0.6 is 0 Å². The summed E-state index contributed by atoms with van der Waals surface area (Å²) in [6.45, 7) is -4.82. The van der Waals surface area contributed by atoms with Crippen LogP contribution in [0.4, 0.5) is 66.3 Å². The smallest absolute Gasteiger partial charge is 0.495 e. The van der Waals surface area contributed by atoms with Crippen LogP contribution in [0.5, 0.6) is 0 Å². The highest BCUT2D eigenvalue weighted by atomic mass is 19.4. The Morgan fingerprint density at radius 3 is 1.61 bits per heavy atom. The largest absolute Gasteiger partial charge is 0.544 e. The molecule has 0 amide bonds. The van der Waals surface area contributed by atoms with E-state index in [1.165, 1.54) is 0 Å². The highest BCUT2D eigenvalue weighted by molar-refractivity contribution is 5.65. The van der Waals surface area contributed by atoms with Crippen LogP contribution in [0.3, 0.4) is 0 Å². The van der Waals surface area contributed by atoms with Crippen molar-refractivity contribution in [1.82, 2.24) is 4.90 Å². The minimum Gasteiger partial charge on any atom is -0.544 e. The first-order valence-corrected chi connectivity index (χ1v) is 8.81. The predicted octanol–water partition coefficient (Wildman–Crippen LogP) is 3.44. The number of ether oxygens (including phenoxy) is 2. The van der Waals surface area contributed by atoms with Gasteiger partial charge in [-0.1, -0.05) is 0 Å². The minimum atomic E-state index is -5.94. The van der Waals surface area contributed by atoms with E-state index in [2.05, 4.69) is 4.74 Å². The molecule has 21 heteroatoms. The molecular weight excluding hydrogens is 554 g/mol. The zero-order valence-electron chi connectivity index (χ0n) is 18.0. The van der Waals surface area contributed by atoms with Crippen molar-refractivity contribution in [3.63, 3.8) is 0 Å². The first kappa shape index (κ1) is 36.0. The van der Waals surface area contributed by atoms with Gasteiger partial charge in [-0.3, -0.25) is 0 Å². The number of aliphatic carboxylic acids is 1. The van der Waals surface area contributed by atoms with Gasteiger partial charge in [-0.05, 0) is 0 Å². The summed E-state index contributed by atoms with van der Waals surface area (Å²) in [5, 5.41) is 10.3. The van der Waals surface area contributed by atoms with Crippen molar-refractivity contribution in [3.05, 3.63) is 0 Å². The van der Waals surface area contributed by atoms with Crippen LogP contribution in [-0.4, -0.2) is 99.3 Å². The number of carbonyl (C=O) groups excluding carboxylic acids is 2. The van der Waals surface area contributed by atoms with E-state index in [4.69, 9.17) is 0 Å². The molecule has 1 fully saturated rings. The van der Waals surface area contributed by atoms with Gasteiger partial charge in [0.05, 0.1) is 33.2 Å². The third-order valence-electron chi connectivity index (χ3n) is 3.59. The summed E-state index contributed by atoms with van der Waals surface area (Å²) in [4.78, 5) is 17.8. The van der Waals surface area contributed by atoms with Crippen molar-refractivity contribution in [3.8, 4) is 0 Å². The van der Waals surface area contributed by atoms with Crippen LogP contribution < -0.4 is 5.11 Å². The zero-order chi connectivity index (χ0) is 29.4. The van der Waals surface area contributed by atoms with E-state index < -0.39 is 61.1 Å². The summed E-state index contributed by atoms with van der Waals surface area (Å²) in [7, 11) is 3.40. The lowest BCUT2D eigenvalue weighted by molar-refractivity contribution is -0.885. The summed E-state index contributed by atoms with van der Waals surface area (Å²) in [6.07, 6.45) is -17.9. The van der Waals surface area contributed by atoms with E-state index in [1.54, 1.807) is 14.1 Å². The first-order chi connectivity index (χ1) is 15.8. The summed E-state index contributed by atoms with van der Waals surface area (Å²) >= 11 is 0. The van der Waals surface area contributed by atoms with Crippen molar-refractivity contribution in [2.45, 2.75) is 36.9 Å². The van der Waals surface area contributed by atoms with Crippen molar-refractivity contribution in [1.29, 1.82) is 0 Å². The van der Waals surface area contributed by atoms with Gasteiger partial charge in [0.25, 0.3) is 0 Å². The van der Waals surface area contributed by atoms with Crippen molar-refractivity contribution in [2.24, 2.45) is 0 Å². The highest BCUT2D eigenvalue weighted by Crippen LogP contribution is 2.55. The second-order valence-electron chi connectivity index (χ2n) is 7.14. The molecule has 7 nitrogen and oxygen atoms in total. The molecule has 1 aliphatic heterocycles. The summed E-state index contributed by atoms with van der Waals surface area (Å²) in [6, 6.07) is -11.8.